The molecule has 1 aliphatic carbocycles. The number of aliphatic hydroxyl groups is 1. The van der Waals surface area contributed by atoms with Crippen LogP contribution in [0.15, 0.2) is 30.3 Å². The number of aliphatic hydroxyl groups excluding tert-OH is 1. The molecular weight excluding hydrogens is 592 g/mol. The number of hydrogen-bond donors (Lipinski definition) is 2. The molecule has 0 spiro atoms. The molecule has 1 aromatic carbocycles. The van der Waals surface area contributed by atoms with Crippen molar-refractivity contribution in [3.63, 3.8) is 0 Å². The Labute approximate surface area is 272 Å². The number of likely N-dealkylation sites (tertiary alicyclic amines) is 1. The number of alkyl carbamates (subject to hydrolysis) is 1. The van der Waals surface area contributed by atoms with Gasteiger partial charge in [0, 0.05) is 32.0 Å². The number of hydrogen-bond acceptors (Lipinski definition) is 9. The van der Waals surface area contributed by atoms with Crippen LogP contribution in [0.1, 0.15) is 85.1 Å². The van der Waals surface area contributed by atoms with Crippen molar-refractivity contribution in [2.24, 2.45) is 29.1 Å². The predicted octanol–water partition coefficient (Wildman–Crippen LogP) is 4.44. The lowest BCUT2D eigenvalue weighted by Crippen LogP contribution is -2.48. The van der Waals surface area contributed by atoms with Crippen LogP contribution in [0.4, 0.5) is 4.79 Å². The third-order valence-corrected chi connectivity index (χ3v) is 9.16. The highest BCUT2D eigenvalue weighted by molar-refractivity contribution is 5.94. The van der Waals surface area contributed by atoms with Crippen LogP contribution in [0.3, 0.4) is 0 Å². The highest BCUT2D eigenvalue weighted by Gasteiger charge is 2.69. The van der Waals surface area contributed by atoms with Gasteiger partial charge in [0.05, 0.1) is 25.5 Å². The van der Waals surface area contributed by atoms with Crippen LogP contribution in [0, 0.1) is 29.1 Å². The zero-order valence-electron chi connectivity index (χ0n) is 28.2. The second-order valence-electron chi connectivity index (χ2n) is 14.1. The van der Waals surface area contributed by atoms with Gasteiger partial charge >= 0.3 is 18.0 Å². The fourth-order valence-electron chi connectivity index (χ4n) is 6.67. The number of amides is 2. The number of benzene rings is 1. The highest BCUT2D eigenvalue weighted by Crippen LogP contribution is 2.65. The van der Waals surface area contributed by atoms with E-state index in [2.05, 4.69) is 19.2 Å². The smallest absolute Gasteiger partial charge is 0.407 e. The van der Waals surface area contributed by atoms with Gasteiger partial charge in [-0.05, 0) is 69.3 Å². The SMILES string of the molecule is COC(=O)C(CCCCNC(=O)OCc1ccccc1)CC(=O)[C@@H]1[C@@H]2C(CN1C(=O)[C@H](CCCO)CC(=O)OC(C)(C)C)C2(C)C. The lowest BCUT2D eigenvalue weighted by Gasteiger charge is -2.33. The Hall–Kier alpha value is -3.47. The minimum atomic E-state index is -0.721. The molecule has 11 nitrogen and oxygen atoms in total. The van der Waals surface area contributed by atoms with Crippen molar-refractivity contribution >= 4 is 29.7 Å². The summed E-state index contributed by atoms with van der Waals surface area (Å²) in [6.45, 7) is 10.3. The van der Waals surface area contributed by atoms with Gasteiger partial charge in [0.2, 0.25) is 5.91 Å². The number of rotatable bonds is 17. The molecule has 11 heteroatoms. The molecular formula is C35H52N2O9. The maximum absolute atomic E-state index is 13.9. The number of unbranched alkanes of at least 4 members (excludes halogenated alkanes) is 1. The molecule has 2 aliphatic rings. The fraction of sp³-hybridized carbons (Fsp3) is 0.686. The maximum Gasteiger partial charge on any atom is 0.407 e. The average Bonchev–Trinajstić information content (AvgIpc) is 3.31. The van der Waals surface area contributed by atoms with Gasteiger partial charge in [-0.15, -0.1) is 0 Å². The molecule has 1 aromatic rings. The van der Waals surface area contributed by atoms with Crippen molar-refractivity contribution in [2.75, 3.05) is 26.8 Å². The Kier molecular flexibility index (Phi) is 13.2. The molecule has 2 unspecified atom stereocenters. The largest absolute Gasteiger partial charge is 0.469 e. The van der Waals surface area contributed by atoms with E-state index in [1.54, 1.807) is 25.7 Å². The standard InChI is InChI=1S/C35H52N2O9/c1-34(2,3)46-28(40)20-24(16-12-18-38)31(41)37-21-26-29(35(26,4)5)30(37)27(39)19-25(32(42)44-6)15-10-11-17-36-33(43)45-22-23-13-8-7-9-14-23/h7-9,13-14,24-26,29-30,38H,10-12,15-22H2,1-6H3,(H,36,43)/t24-,25?,26?,29+,30-/m1/s1. The second-order valence-corrected chi connectivity index (χ2v) is 14.1. The number of ketones is 1. The molecule has 1 aliphatic heterocycles. The molecule has 2 fully saturated rings. The first-order valence-electron chi connectivity index (χ1n) is 16.4. The summed E-state index contributed by atoms with van der Waals surface area (Å²) in [6, 6.07) is 8.66. The van der Waals surface area contributed by atoms with Gasteiger partial charge in [-0.25, -0.2) is 4.79 Å². The summed E-state index contributed by atoms with van der Waals surface area (Å²) in [5, 5.41) is 12.2. The number of Topliss-reactive ketones (excluding diaryl/α,β-unsaturated/α-hetero) is 1. The number of piperidine rings is 1. The Bertz CT molecular complexity index is 1210. The van der Waals surface area contributed by atoms with Crippen LogP contribution in [0.25, 0.3) is 0 Å². The molecule has 0 aromatic heterocycles. The highest BCUT2D eigenvalue weighted by atomic mass is 16.6. The second kappa shape index (κ2) is 16.4. The molecule has 3 rings (SSSR count). The maximum atomic E-state index is 13.9. The summed E-state index contributed by atoms with van der Waals surface area (Å²) in [7, 11) is 1.29. The Morgan fingerprint density at radius 3 is 2.30 bits per heavy atom. The van der Waals surface area contributed by atoms with Crippen LogP contribution in [0.5, 0.6) is 0 Å². The van der Waals surface area contributed by atoms with E-state index in [4.69, 9.17) is 14.2 Å². The van der Waals surface area contributed by atoms with E-state index in [1.165, 1.54) is 7.11 Å². The van der Waals surface area contributed by atoms with Gasteiger partial charge in [-0.1, -0.05) is 50.6 Å². The van der Waals surface area contributed by atoms with E-state index in [0.717, 1.165) is 5.56 Å². The summed E-state index contributed by atoms with van der Waals surface area (Å²) in [5.41, 5.74) is 0.0597. The van der Waals surface area contributed by atoms with E-state index in [-0.39, 0.29) is 55.0 Å². The average molecular weight is 645 g/mol. The van der Waals surface area contributed by atoms with Crippen LogP contribution < -0.4 is 5.32 Å². The minimum absolute atomic E-state index is 0.0339. The molecule has 0 bridgehead atoms. The number of esters is 2. The van der Waals surface area contributed by atoms with Gasteiger partial charge < -0.3 is 29.5 Å². The van der Waals surface area contributed by atoms with E-state index in [9.17, 15) is 29.1 Å². The quantitative estimate of drug-likeness (QED) is 0.143. The zero-order valence-corrected chi connectivity index (χ0v) is 28.2. The first-order valence-corrected chi connectivity index (χ1v) is 16.4. The van der Waals surface area contributed by atoms with Crippen molar-refractivity contribution in [3.05, 3.63) is 35.9 Å². The van der Waals surface area contributed by atoms with E-state index in [1.807, 2.05) is 30.3 Å². The third-order valence-electron chi connectivity index (χ3n) is 9.16. The zero-order chi connectivity index (χ0) is 34.1. The Morgan fingerprint density at radius 2 is 1.67 bits per heavy atom. The fourth-order valence-corrected chi connectivity index (χ4v) is 6.67. The molecule has 1 saturated carbocycles. The topological polar surface area (TPSA) is 149 Å². The number of ether oxygens (including phenoxy) is 3. The lowest BCUT2D eigenvalue weighted by atomic mass is 9.89. The first kappa shape index (κ1) is 37.0. The number of carbonyl (C=O) groups excluding carboxylic acids is 5. The van der Waals surface area contributed by atoms with Crippen molar-refractivity contribution in [2.45, 2.75) is 97.8 Å². The van der Waals surface area contributed by atoms with Gasteiger partial charge in [0.1, 0.15) is 12.2 Å². The number of fused-ring (bicyclic) bond motifs is 1. The lowest BCUT2D eigenvalue weighted by molar-refractivity contribution is -0.159. The Balaban J connectivity index is 1.59. The van der Waals surface area contributed by atoms with Crippen LogP contribution in [-0.2, 0) is 40.0 Å². The number of nitrogens with zero attached hydrogens (tertiary/aromatic N) is 1. The number of nitrogens with one attached hydrogen (secondary N) is 1. The Morgan fingerprint density at radius 1 is 1.00 bits per heavy atom. The van der Waals surface area contributed by atoms with Gasteiger partial charge in [0.25, 0.3) is 0 Å². The first-order chi connectivity index (χ1) is 21.7. The molecule has 5 atom stereocenters. The van der Waals surface area contributed by atoms with Crippen LogP contribution in [-0.4, -0.2) is 78.2 Å². The van der Waals surface area contributed by atoms with Crippen molar-refractivity contribution < 1.29 is 43.3 Å². The molecule has 2 amide bonds. The summed E-state index contributed by atoms with van der Waals surface area (Å²) in [6.07, 6.45) is 1.43. The van der Waals surface area contributed by atoms with Crippen molar-refractivity contribution in [1.29, 1.82) is 0 Å². The minimum Gasteiger partial charge on any atom is -0.469 e. The van der Waals surface area contributed by atoms with Gasteiger partial charge in [0.15, 0.2) is 5.78 Å². The van der Waals surface area contributed by atoms with Crippen LogP contribution in [0.2, 0.25) is 0 Å². The summed E-state index contributed by atoms with van der Waals surface area (Å²) >= 11 is 0. The summed E-state index contributed by atoms with van der Waals surface area (Å²) in [5.74, 6) is -2.77. The third kappa shape index (κ3) is 10.3. The molecule has 256 valence electrons. The van der Waals surface area contributed by atoms with Crippen molar-refractivity contribution in [1.82, 2.24) is 10.2 Å². The molecule has 1 heterocycles. The monoisotopic (exact) mass is 644 g/mol. The predicted molar refractivity (Wildman–Crippen MR) is 170 cm³/mol. The van der Waals surface area contributed by atoms with Gasteiger partial charge in [-0.3, -0.25) is 19.2 Å². The molecule has 1 saturated heterocycles. The van der Waals surface area contributed by atoms with E-state index >= 15 is 0 Å². The number of methoxy groups -OCH3 is 1. The molecule has 46 heavy (non-hydrogen) atoms. The normalized spacial score (nSPS) is 21.0. The molecule has 0 radical (unpaired) electrons. The molecule has 2 N–H and O–H groups in total. The van der Waals surface area contributed by atoms with Crippen molar-refractivity contribution in [3.8, 4) is 0 Å². The van der Waals surface area contributed by atoms with E-state index in [0.29, 0.717) is 45.2 Å². The van der Waals surface area contributed by atoms with Gasteiger partial charge in [-0.2, -0.15) is 0 Å². The van der Waals surface area contributed by atoms with Crippen LogP contribution >= 0.6 is 0 Å². The summed E-state index contributed by atoms with van der Waals surface area (Å²) in [4.78, 5) is 66.9. The number of carbonyl (C=O) groups is 5. The summed E-state index contributed by atoms with van der Waals surface area (Å²) < 4.78 is 15.7. The van der Waals surface area contributed by atoms with E-state index < -0.39 is 41.5 Å².